The fourth-order valence-corrected chi connectivity index (χ4v) is 3.75. The maximum absolute atomic E-state index is 9.02. The SMILES string of the molecule is CCC(=N)c1ccc(-c2ccnn2-c2cccc(OCCO)c2)nc1NC1CCOCC1. The normalized spacial score (nSPS) is 14.3. The number of ether oxygens (including phenoxy) is 2. The Balaban J connectivity index is 1.68. The van der Waals surface area contributed by atoms with Crippen LogP contribution in [-0.4, -0.2) is 58.1 Å². The molecule has 3 aromatic rings. The number of rotatable bonds is 9. The van der Waals surface area contributed by atoms with E-state index < -0.39 is 0 Å². The minimum absolute atomic E-state index is 0.0385. The Morgan fingerprint density at radius 1 is 1.25 bits per heavy atom. The number of hydrogen-bond acceptors (Lipinski definition) is 7. The van der Waals surface area contributed by atoms with Crippen molar-refractivity contribution in [3.05, 3.63) is 54.2 Å². The lowest BCUT2D eigenvalue weighted by molar-refractivity contribution is 0.0904. The second-order valence-electron chi connectivity index (χ2n) is 7.65. The third kappa shape index (κ3) is 4.98. The zero-order chi connectivity index (χ0) is 22.3. The van der Waals surface area contributed by atoms with Gasteiger partial charge >= 0.3 is 0 Å². The summed E-state index contributed by atoms with van der Waals surface area (Å²) in [4.78, 5) is 4.92. The number of aliphatic hydroxyl groups excluding tert-OH is 1. The topological polar surface area (TPSA) is 105 Å². The maximum atomic E-state index is 9.02. The summed E-state index contributed by atoms with van der Waals surface area (Å²) in [5.74, 6) is 1.40. The Morgan fingerprint density at radius 2 is 2.09 bits per heavy atom. The molecule has 168 valence electrons. The molecule has 4 rings (SSSR count). The van der Waals surface area contributed by atoms with Gasteiger partial charge in [0.1, 0.15) is 18.2 Å². The van der Waals surface area contributed by atoms with Gasteiger partial charge in [-0.3, -0.25) is 0 Å². The summed E-state index contributed by atoms with van der Waals surface area (Å²) in [7, 11) is 0. The monoisotopic (exact) mass is 435 g/mol. The van der Waals surface area contributed by atoms with E-state index in [9.17, 15) is 0 Å². The van der Waals surface area contributed by atoms with Crippen molar-refractivity contribution in [2.45, 2.75) is 32.2 Å². The van der Waals surface area contributed by atoms with E-state index >= 15 is 0 Å². The van der Waals surface area contributed by atoms with Crippen molar-refractivity contribution < 1.29 is 14.6 Å². The van der Waals surface area contributed by atoms with Gasteiger partial charge in [-0.1, -0.05) is 13.0 Å². The summed E-state index contributed by atoms with van der Waals surface area (Å²) in [6, 6.07) is 13.7. The first-order valence-corrected chi connectivity index (χ1v) is 11.0. The highest BCUT2D eigenvalue weighted by molar-refractivity contribution is 6.02. The first-order valence-electron chi connectivity index (χ1n) is 11.0. The van der Waals surface area contributed by atoms with Gasteiger partial charge in [0, 0.05) is 36.6 Å². The van der Waals surface area contributed by atoms with E-state index in [0.717, 1.165) is 54.5 Å². The van der Waals surface area contributed by atoms with Gasteiger partial charge < -0.3 is 25.3 Å². The highest BCUT2D eigenvalue weighted by Gasteiger charge is 2.19. The maximum Gasteiger partial charge on any atom is 0.136 e. The summed E-state index contributed by atoms with van der Waals surface area (Å²) in [5, 5.41) is 25.5. The number of nitrogens with zero attached hydrogens (tertiary/aromatic N) is 3. The van der Waals surface area contributed by atoms with Crippen LogP contribution in [0.1, 0.15) is 31.7 Å². The molecule has 3 N–H and O–H groups in total. The van der Waals surface area contributed by atoms with Crippen LogP contribution in [-0.2, 0) is 4.74 Å². The highest BCUT2D eigenvalue weighted by atomic mass is 16.5. The lowest BCUT2D eigenvalue weighted by Gasteiger charge is -2.25. The molecule has 0 aliphatic carbocycles. The number of benzene rings is 1. The van der Waals surface area contributed by atoms with Gasteiger partial charge in [0.05, 0.1) is 29.9 Å². The van der Waals surface area contributed by atoms with Crippen molar-refractivity contribution in [1.82, 2.24) is 14.8 Å². The van der Waals surface area contributed by atoms with Crippen molar-refractivity contribution in [3.8, 4) is 22.8 Å². The zero-order valence-corrected chi connectivity index (χ0v) is 18.3. The van der Waals surface area contributed by atoms with E-state index in [1.54, 1.807) is 6.20 Å². The Labute approximate surface area is 187 Å². The van der Waals surface area contributed by atoms with Crippen LogP contribution >= 0.6 is 0 Å². The second-order valence-corrected chi connectivity index (χ2v) is 7.65. The summed E-state index contributed by atoms with van der Waals surface area (Å²) in [6.07, 6.45) is 4.22. The van der Waals surface area contributed by atoms with Crippen LogP contribution < -0.4 is 10.1 Å². The lowest BCUT2D eigenvalue weighted by Crippen LogP contribution is -2.29. The average Bonchev–Trinajstić information content (AvgIpc) is 3.33. The molecule has 3 heterocycles. The van der Waals surface area contributed by atoms with Crippen molar-refractivity contribution in [2.75, 3.05) is 31.7 Å². The molecule has 0 atom stereocenters. The van der Waals surface area contributed by atoms with E-state index in [1.807, 2.05) is 54.1 Å². The average molecular weight is 436 g/mol. The Bertz CT molecular complexity index is 1060. The Kier molecular flexibility index (Phi) is 7.14. The van der Waals surface area contributed by atoms with Gasteiger partial charge in [-0.2, -0.15) is 5.10 Å². The minimum atomic E-state index is -0.0385. The van der Waals surface area contributed by atoms with Crippen molar-refractivity contribution in [1.29, 1.82) is 5.41 Å². The molecule has 1 aromatic carbocycles. The Morgan fingerprint density at radius 3 is 2.88 bits per heavy atom. The largest absolute Gasteiger partial charge is 0.491 e. The smallest absolute Gasteiger partial charge is 0.136 e. The molecule has 1 aliphatic rings. The van der Waals surface area contributed by atoms with Gasteiger partial charge in [0.2, 0.25) is 0 Å². The minimum Gasteiger partial charge on any atom is -0.491 e. The van der Waals surface area contributed by atoms with Crippen LogP contribution in [0, 0.1) is 5.41 Å². The molecule has 8 heteroatoms. The zero-order valence-electron chi connectivity index (χ0n) is 18.3. The van der Waals surface area contributed by atoms with E-state index in [-0.39, 0.29) is 19.3 Å². The molecule has 8 nitrogen and oxygen atoms in total. The molecule has 0 amide bonds. The van der Waals surface area contributed by atoms with Gasteiger partial charge in [0.15, 0.2) is 0 Å². The summed E-state index contributed by atoms with van der Waals surface area (Å²) >= 11 is 0. The van der Waals surface area contributed by atoms with Crippen molar-refractivity contribution >= 4 is 11.5 Å². The van der Waals surface area contributed by atoms with Gasteiger partial charge in [-0.15, -0.1) is 0 Å². The quantitative estimate of drug-likeness (QED) is 0.443. The number of anilines is 1. The van der Waals surface area contributed by atoms with Crippen LogP contribution in [0.25, 0.3) is 17.1 Å². The Hall–Kier alpha value is -3.23. The van der Waals surface area contributed by atoms with E-state index in [1.165, 1.54) is 0 Å². The molecule has 1 saturated heterocycles. The third-order valence-corrected chi connectivity index (χ3v) is 5.46. The summed E-state index contributed by atoms with van der Waals surface area (Å²) < 4.78 is 12.8. The van der Waals surface area contributed by atoms with E-state index in [4.69, 9.17) is 25.0 Å². The van der Waals surface area contributed by atoms with E-state index in [0.29, 0.717) is 17.9 Å². The number of pyridine rings is 1. The van der Waals surface area contributed by atoms with Gasteiger partial charge in [-0.25, -0.2) is 9.67 Å². The fourth-order valence-electron chi connectivity index (χ4n) is 3.75. The fraction of sp³-hybridized carbons (Fsp3) is 0.375. The van der Waals surface area contributed by atoms with E-state index in [2.05, 4.69) is 10.4 Å². The first-order chi connectivity index (χ1) is 15.7. The highest BCUT2D eigenvalue weighted by Crippen LogP contribution is 2.27. The molecule has 0 radical (unpaired) electrons. The lowest BCUT2D eigenvalue weighted by atomic mass is 10.1. The molecular formula is C24H29N5O3. The van der Waals surface area contributed by atoms with Gasteiger partial charge in [0.25, 0.3) is 0 Å². The van der Waals surface area contributed by atoms with Crippen LogP contribution in [0.2, 0.25) is 0 Å². The molecule has 1 fully saturated rings. The standard InChI is InChI=1S/C24H29N5O3/c1-2-21(25)20-6-7-22(28-24(20)27-17-9-13-31-14-10-17)23-8-11-26-29(23)18-4-3-5-19(16-18)32-15-12-30/h3-8,11,16-17,25,30H,2,9-10,12-15H2,1H3,(H,27,28). The number of hydrogen-bond donors (Lipinski definition) is 3. The molecule has 0 bridgehead atoms. The third-order valence-electron chi connectivity index (χ3n) is 5.46. The van der Waals surface area contributed by atoms with Crippen LogP contribution in [0.15, 0.2) is 48.7 Å². The number of nitrogens with one attached hydrogen (secondary N) is 2. The van der Waals surface area contributed by atoms with Gasteiger partial charge in [-0.05, 0) is 49.6 Å². The van der Waals surface area contributed by atoms with Crippen LogP contribution in [0.3, 0.4) is 0 Å². The summed E-state index contributed by atoms with van der Waals surface area (Å²) in [5.41, 5.74) is 3.83. The molecule has 0 unspecified atom stereocenters. The predicted octanol–water partition coefficient (Wildman–Crippen LogP) is 3.67. The van der Waals surface area contributed by atoms with Crippen molar-refractivity contribution in [2.24, 2.45) is 0 Å². The molecular weight excluding hydrogens is 406 g/mol. The molecule has 1 aliphatic heterocycles. The molecule has 2 aromatic heterocycles. The number of aliphatic hydroxyl groups is 1. The molecule has 0 spiro atoms. The predicted molar refractivity (Wildman–Crippen MR) is 124 cm³/mol. The van der Waals surface area contributed by atoms with Crippen LogP contribution in [0.5, 0.6) is 5.75 Å². The molecule has 0 saturated carbocycles. The summed E-state index contributed by atoms with van der Waals surface area (Å²) in [6.45, 7) is 3.65. The molecule has 32 heavy (non-hydrogen) atoms. The first kappa shape index (κ1) is 22.0. The van der Waals surface area contributed by atoms with Crippen molar-refractivity contribution in [3.63, 3.8) is 0 Å². The number of aromatic nitrogens is 3. The second kappa shape index (κ2) is 10.4. The van der Waals surface area contributed by atoms with Crippen LogP contribution in [0.4, 0.5) is 5.82 Å².